The quantitative estimate of drug-likeness (QED) is 0.660. The molecule has 1 fully saturated rings. The number of piperazine rings is 1. The fraction of sp³-hybridized carbons (Fsp3) is 0.778. The first-order valence-electron chi connectivity index (χ1n) is 4.56. The van der Waals surface area contributed by atoms with Crippen LogP contribution in [0.4, 0.5) is 0 Å². The van der Waals surface area contributed by atoms with Crippen molar-refractivity contribution in [2.24, 2.45) is 0 Å². The summed E-state index contributed by atoms with van der Waals surface area (Å²) < 4.78 is 4.87. The van der Waals surface area contributed by atoms with Gasteiger partial charge in [0.1, 0.15) is 5.54 Å². The van der Waals surface area contributed by atoms with E-state index in [2.05, 4.69) is 5.32 Å². The Labute approximate surface area is 83.4 Å². The van der Waals surface area contributed by atoms with Crippen LogP contribution in [0.3, 0.4) is 0 Å². The van der Waals surface area contributed by atoms with Crippen molar-refractivity contribution in [1.82, 2.24) is 10.2 Å². The lowest BCUT2D eigenvalue weighted by Gasteiger charge is -2.37. The molecule has 1 N–H and O–H groups in total. The maximum absolute atomic E-state index is 11.8. The lowest BCUT2D eigenvalue weighted by atomic mass is 10.0. The first-order valence-corrected chi connectivity index (χ1v) is 4.56. The van der Waals surface area contributed by atoms with Gasteiger partial charge in [-0.15, -0.1) is 0 Å². The molecule has 0 spiro atoms. The predicted octanol–water partition coefficient (Wildman–Crippen LogP) is -0.630. The highest BCUT2D eigenvalue weighted by Gasteiger charge is 2.38. The first-order chi connectivity index (χ1) is 6.47. The maximum Gasteiger partial charge on any atom is 0.248 e. The summed E-state index contributed by atoms with van der Waals surface area (Å²) in [5.74, 6) is -0.181. The molecule has 1 aliphatic rings. The number of hydrogen-bond acceptors (Lipinski definition) is 3. The van der Waals surface area contributed by atoms with E-state index in [4.69, 9.17) is 4.74 Å². The van der Waals surface area contributed by atoms with E-state index in [1.165, 1.54) is 4.90 Å². The Kier molecular flexibility index (Phi) is 3.10. The molecule has 0 aliphatic carbocycles. The molecular weight excluding hydrogens is 184 g/mol. The van der Waals surface area contributed by atoms with Crippen LogP contribution < -0.4 is 5.32 Å². The fourth-order valence-corrected chi connectivity index (χ4v) is 1.46. The molecule has 0 radical (unpaired) electrons. The number of hydrogen-bond donors (Lipinski definition) is 1. The Morgan fingerprint density at radius 1 is 1.50 bits per heavy atom. The van der Waals surface area contributed by atoms with E-state index in [9.17, 15) is 9.59 Å². The van der Waals surface area contributed by atoms with Gasteiger partial charge in [-0.1, -0.05) is 0 Å². The summed E-state index contributed by atoms with van der Waals surface area (Å²) in [6, 6.07) is 0. The van der Waals surface area contributed by atoms with Gasteiger partial charge in [0.25, 0.3) is 0 Å². The van der Waals surface area contributed by atoms with Crippen LogP contribution in [0.25, 0.3) is 0 Å². The van der Waals surface area contributed by atoms with Crippen LogP contribution in [0, 0.1) is 0 Å². The third kappa shape index (κ3) is 2.23. The van der Waals surface area contributed by atoms with Gasteiger partial charge in [-0.05, 0) is 13.8 Å². The topological polar surface area (TPSA) is 58.6 Å². The standard InChI is InChI=1S/C9H16N2O3/c1-9(2)8(13)11(4-5-14-3)6-7(12)10-9/h4-6H2,1-3H3,(H,10,12). The summed E-state index contributed by atoms with van der Waals surface area (Å²) in [7, 11) is 1.57. The molecule has 0 atom stereocenters. The second kappa shape index (κ2) is 3.96. The average molecular weight is 200 g/mol. The SMILES string of the molecule is COCCN1CC(=O)NC(C)(C)C1=O. The van der Waals surface area contributed by atoms with Crippen LogP contribution in [0.2, 0.25) is 0 Å². The van der Waals surface area contributed by atoms with Crippen molar-refractivity contribution in [3.63, 3.8) is 0 Å². The normalized spacial score (nSPS) is 20.9. The summed E-state index contributed by atoms with van der Waals surface area (Å²) in [5, 5.41) is 2.64. The van der Waals surface area contributed by atoms with Crippen molar-refractivity contribution in [2.75, 3.05) is 26.8 Å². The molecule has 0 unspecified atom stereocenters. The summed E-state index contributed by atoms with van der Waals surface area (Å²) in [4.78, 5) is 24.5. The van der Waals surface area contributed by atoms with E-state index < -0.39 is 5.54 Å². The molecule has 0 saturated carbocycles. The van der Waals surface area contributed by atoms with E-state index in [-0.39, 0.29) is 18.4 Å². The van der Waals surface area contributed by atoms with E-state index >= 15 is 0 Å². The molecule has 5 heteroatoms. The smallest absolute Gasteiger partial charge is 0.248 e. The molecule has 0 bridgehead atoms. The summed E-state index contributed by atoms with van der Waals surface area (Å²) in [5.41, 5.74) is -0.789. The summed E-state index contributed by atoms with van der Waals surface area (Å²) in [6.07, 6.45) is 0. The zero-order chi connectivity index (χ0) is 10.8. The molecule has 1 aliphatic heterocycles. The zero-order valence-corrected chi connectivity index (χ0v) is 8.79. The third-order valence-electron chi connectivity index (χ3n) is 2.17. The minimum absolute atomic E-state index is 0.0610. The number of nitrogens with one attached hydrogen (secondary N) is 1. The highest BCUT2D eigenvalue weighted by Crippen LogP contribution is 2.12. The van der Waals surface area contributed by atoms with Gasteiger partial charge in [-0.25, -0.2) is 0 Å². The molecule has 1 saturated heterocycles. The van der Waals surface area contributed by atoms with E-state index in [1.807, 2.05) is 0 Å². The highest BCUT2D eigenvalue weighted by molar-refractivity contribution is 5.97. The number of ether oxygens (including phenoxy) is 1. The van der Waals surface area contributed by atoms with Crippen LogP contribution in [0.5, 0.6) is 0 Å². The van der Waals surface area contributed by atoms with Crippen LogP contribution in [0.15, 0.2) is 0 Å². The van der Waals surface area contributed by atoms with E-state index in [0.717, 1.165) is 0 Å². The number of methoxy groups -OCH3 is 1. The molecule has 14 heavy (non-hydrogen) atoms. The predicted molar refractivity (Wildman–Crippen MR) is 50.7 cm³/mol. The number of amides is 2. The second-order valence-electron chi connectivity index (χ2n) is 3.89. The number of carbonyl (C=O) groups is 2. The minimum atomic E-state index is -0.789. The van der Waals surface area contributed by atoms with Gasteiger partial charge in [0.15, 0.2) is 0 Å². The van der Waals surface area contributed by atoms with Crippen molar-refractivity contribution in [3.8, 4) is 0 Å². The lowest BCUT2D eigenvalue weighted by molar-refractivity contribution is -0.148. The van der Waals surface area contributed by atoms with Gasteiger partial charge in [0.05, 0.1) is 13.2 Å². The minimum Gasteiger partial charge on any atom is -0.383 e. The molecule has 2 amide bonds. The molecule has 1 heterocycles. The lowest BCUT2D eigenvalue weighted by Crippen LogP contribution is -2.64. The van der Waals surface area contributed by atoms with Crippen molar-refractivity contribution in [3.05, 3.63) is 0 Å². The molecular formula is C9H16N2O3. The van der Waals surface area contributed by atoms with Gasteiger partial charge in [-0.3, -0.25) is 9.59 Å². The molecule has 0 aromatic rings. The monoisotopic (exact) mass is 200 g/mol. The highest BCUT2D eigenvalue weighted by atomic mass is 16.5. The van der Waals surface area contributed by atoms with E-state index in [0.29, 0.717) is 13.2 Å². The Hall–Kier alpha value is -1.10. The Balaban J connectivity index is 2.66. The van der Waals surface area contributed by atoms with E-state index in [1.54, 1.807) is 21.0 Å². The first kappa shape index (κ1) is 11.0. The molecule has 1 rings (SSSR count). The molecule has 80 valence electrons. The van der Waals surface area contributed by atoms with Crippen LogP contribution in [-0.4, -0.2) is 49.1 Å². The molecule has 0 aromatic heterocycles. The average Bonchev–Trinajstić information content (AvgIpc) is 2.08. The maximum atomic E-state index is 11.8. The van der Waals surface area contributed by atoms with Crippen molar-refractivity contribution >= 4 is 11.8 Å². The number of rotatable bonds is 3. The second-order valence-corrected chi connectivity index (χ2v) is 3.89. The Morgan fingerprint density at radius 3 is 2.71 bits per heavy atom. The Morgan fingerprint density at radius 2 is 2.14 bits per heavy atom. The molecule has 5 nitrogen and oxygen atoms in total. The zero-order valence-electron chi connectivity index (χ0n) is 8.79. The summed E-state index contributed by atoms with van der Waals surface area (Å²) in [6.45, 7) is 4.45. The van der Waals surface area contributed by atoms with Crippen molar-refractivity contribution in [1.29, 1.82) is 0 Å². The fourth-order valence-electron chi connectivity index (χ4n) is 1.46. The van der Waals surface area contributed by atoms with Crippen LogP contribution >= 0.6 is 0 Å². The van der Waals surface area contributed by atoms with Gasteiger partial charge in [0, 0.05) is 13.7 Å². The molecule has 0 aromatic carbocycles. The van der Waals surface area contributed by atoms with Gasteiger partial charge in [0.2, 0.25) is 11.8 Å². The number of carbonyl (C=O) groups excluding carboxylic acids is 2. The van der Waals surface area contributed by atoms with Crippen LogP contribution in [0.1, 0.15) is 13.8 Å². The van der Waals surface area contributed by atoms with Crippen molar-refractivity contribution < 1.29 is 14.3 Å². The van der Waals surface area contributed by atoms with Gasteiger partial charge >= 0.3 is 0 Å². The largest absolute Gasteiger partial charge is 0.383 e. The Bertz CT molecular complexity index is 250. The van der Waals surface area contributed by atoms with Crippen LogP contribution in [-0.2, 0) is 14.3 Å². The summed E-state index contributed by atoms with van der Waals surface area (Å²) >= 11 is 0. The van der Waals surface area contributed by atoms with Crippen molar-refractivity contribution in [2.45, 2.75) is 19.4 Å². The number of nitrogens with zero attached hydrogens (tertiary/aromatic N) is 1. The van der Waals surface area contributed by atoms with Gasteiger partial charge in [-0.2, -0.15) is 0 Å². The third-order valence-corrected chi connectivity index (χ3v) is 2.17. The van der Waals surface area contributed by atoms with Gasteiger partial charge < -0.3 is 15.0 Å².